The SMILES string of the molecule is CC(=O)N[C@@H](C)C(=O)N[C@@H](C)c1ccc(Cl)s1. The van der Waals surface area contributed by atoms with E-state index in [4.69, 9.17) is 11.6 Å². The topological polar surface area (TPSA) is 58.2 Å². The van der Waals surface area contributed by atoms with Gasteiger partial charge in [-0.2, -0.15) is 0 Å². The minimum absolute atomic E-state index is 0.115. The van der Waals surface area contributed by atoms with E-state index in [-0.39, 0.29) is 17.9 Å². The Morgan fingerprint density at radius 1 is 1.29 bits per heavy atom. The quantitative estimate of drug-likeness (QED) is 0.883. The maximum absolute atomic E-state index is 11.7. The predicted molar refractivity (Wildman–Crippen MR) is 69.2 cm³/mol. The van der Waals surface area contributed by atoms with Gasteiger partial charge in [-0.05, 0) is 26.0 Å². The molecule has 0 aliphatic rings. The van der Waals surface area contributed by atoms with Gasteiger partial charge in [0.05, 0.1) is 10.4 Å². The molecule has 0 unspecified atom stereocenters. The van der Waals surface area contributed by atoms with Gasteiger partial charge in [0.25, 0.3) is 0 Å². The minimum Gasteiger partial charge on any atom is -0.347 e. The Labute approximate surface area is 109 Å². The molecule has 2 amide bonds. The zero-order valence-corrected chi connectivity index (χ0v) is 11.5. The van der Waals surface area contributed by atoms with Crippen LogP contribution < -0.4 is 10.6 Å². The number of halogens is 1. The third kappa shape index (κ3) is 4.36. The van der Waals surface area contributed by atoms with Crippen LogP contribution in [0.15, 0.2) is 12.1 Å². The number of nitrogens with one attached hydrogen (secondary N) is 2. The molecule has 17 heavy (non-hydrogen) atoms. The first kappa shape index (κ1) is 14.0. The van der Waals surface area contributed by atoms with E-state index in [1.54, 1.807) is 13.0 Å². The van der Waals surface area contributed by atoms with Crippen molar-refractivity contribution in [2.75, 3.05) is 0 Å². The predicted octanol–water partition coefficient (Wildman–Crippen LogP) is 2.10. The van der Waals surface area contributed by atoms with Gasteiger partial charge in [0.1, 0.15) is 6.04 Å². The standard InChI is InChI=1S/C11H15ClN2O2S/c1-6(9-4-5-10(12)17-9)14-11(16)7(2)13-8(3)15/h4-7H,1-3H3,(H,13,15)(H,14,16)/t6-,7-/m0/s1. The zero-order valence-electron chi connectivity index (χ0n) is 9.91. The van der Waals surface area contributed by atoms with Gasteiger partial charge in [0.2, 0.25) is 11.8 Å². The van der Waals surface area contributed by atoms with Crippen LogP contribution in [0.4, 0.5) is 0 Å². The third-order valence-corrected chi connectivity index (χ3v) is 3.61. The van der Waals surface area contributed by atoms with E-state index < -0.39 is 6.04 Å². The molecular weight excluding hydrogens is 260 g/mol. The van der Waals surface area contributed by atoms with E-state index in [9.17, 15) is 9.59 Å². The lowest BCUT2D eigenvalue weighted by molar-refractivity contribution is -0.128. The first-order valence-electron chi connectivity index (χ1n) is 5.23. The van der Waals surface area contributed by atoms with Gasteiger partial charge in [0.15, 0.2) is 0 Å². The molecule has 4 nitrogen and oxygen atoms in total. The van der Waals surface area contributed by atoms with Crippen molar-refractivity contribution < 1.29 is 9.59 Å². The summed E-state index contributed by atoms with van der Waals surface area (Å²) in [5.74, 6) is -0.434. The second-order valence-electron chi connectivity index (χ2n) is 3.79. The van der Waals surface area contributed by atoms with Crippen molar-refractivity contribution in [1.82, 2.24) is 10.6 Å². The molecule has 0 saturated heterocycles. The summed E-state index contributed by atoms with van der Waals surface area (Å²) in [7, 11) is 0. The molecule has 2 atom stereocenters. The van der Waals surface area contributed by atoms with Crippen LogP contribution in [-0.2, 0) is 9.59 Å². The van der Waals surface area contributed by atoms with E-state index >= 15 is 0 Å². The number of carbonyl (C=O) groups excluding carboxylic acids is 2. The van der Waals surface area contributed by atoms with Crippen molar-refractivity contribution >= 4 is 34.8 Å². The number of thiophene rings is 1. The van der Waals surface area contributed by atoms with E-state index in [0.29, 0.717) is 4.34 Å². The molecular formula is C11H15ClN2O2S. The molecule has 1 aromatic heterocycles. The van der Waals surface area contributed by atoms with Crippen LogP contribution in [0.2, 0.25) is 4.34 Å². The lowest BCUT2D eigenvalue weighted by Gasteiger charge is -2.16. The molecule has 0 aromatic carbocycles. The van der Waals surface area contributed by atoms with Crippen LogP contribution in [-0.4, -0.2) is 17.9 Å². The number of carbonyl (C=O) groups is 2. The molecule has 0 radical (unpaired) electrons. The van der Waals surface area contributed by atoms with E-state index in [1.165, 1.54) is 18.3 Å². The fourth-order valence-electron chi connectivity index (χ4n) is 1.34. The maximum atomic E-state index is 11.7. The minimum atomic E-state index is -0.537. The summed E-state index contributed by atoms with van der Waals surface area (Å²) in [6.45, 7) is 4.90. The Hall–Kier alpha value is -1.07. The van der Waals surface area contributed by atoms with E-state index in [2.05, 4.69) is 10.6 Å². The molecule has 0 aliphatic heterocycles. The molecule has 1 heterocycles. The van der Waals surface area contributed by atoms with Gasteiger partial charge in [-0.1, -0.05) is 11.6 Å². The van der Waals surface area contributed by atoms with Gasteiger partial charge in [-0.3, -0.25) is 9.59 Å². The average Bonchev–Trinajstić information content (AvgIpc) is 2.63. The van der Waals surface area contributed by atoms with Gasteiger partial charge in [-0.25, -0.2) is 0 Å². The highest BCUT2D eigenvalue weighted by atomic mass is 35.5. The van der Waals surface area contributed by atoms with Crippen LogP contribution in [0.5, 0.6) is 0 Å². The number of hydrogen-bond acceptors (Lipinski definition) is 3. The number of hydrogen-bond donors (Lipinski definition) is 2. The fourth-order valence-corrected chi connectivity index (χ4v) is 2.40. The van der Waals surface area contributed by atoms with E-state index in [0.717, 1.165) is 4.88 Å². The van der Waals surface area contributed by atoms with Crippen LogP contribution in [0.3, 0.4) is 0 Å². The van der Waals surface area contributed by atoms with Crippen molar-refractivity contribution in [2.24, 2.45) is 0 Å². The summed E-state index contributed by atoms with van der Waals surface area (Å²) in [6, 6.07) is 3.02. The van der Waals surface area contributed by atoms with Crippen molar-refractivity contribution in [1.29, 1.82) is 0 Å². The van der Waals surface area contributed by atoms with Crippen molar-refractivity contribution in [3.05, 3.63) is 21.3 Å². The third-order valence-electron chi connectivity index (χ3n) is 2.19. The Kier molecular flexibility index (Phi) is 4.96. The normalized spacial score (nSPS) is 13.9. The summed E-state index contributed by atoms with van der Waals surface area (Å²) in [4.78, 5) is 23.5. The molecule has 0 saturated carbocycles. The molecule has 0 spiro atoms. The molecule has 1 rings (SSSR count). The summed E-state index contributed by atoms with van der Waals surface area (Å²) in [5.41, 5.74) is 0. The molecule has 0 fully saturated rings. The largest absolute Gasteiger partial charge is 0.347 e. The summed E-state index contributed by atoms with van der Waals surface area (Å²) in [6.07, 6.45) is 0. The van der Waals surface area contributed by atoms with Crippen molar-refractivity contribution in [3.63, 3.8) is 0 Å². The Bertz CT molecular complexity index is 419. The molecule has 1 aromatic rings. The zero-order chi connectivity index (χ0) is 13.0. The summed E-state index contributed by atoms with van der Waals surface area (Å²) >= 11 is 7.25. The van der Waals surface area contributed by atoms with Crippen LogP contribution in [0.1, 0.15) is 31.7 Å². The second kappa shape index (κ2) is 6.02. The number of rotatable bonds is 4. The smallest absolute Gasteiger partial charge is 0.242 e. The molecule has 94 valence electrons. The summed E-state index contributed by atoms with van der Waals surface area (Å²) in [5, 5.41) is 5.34. The fraction of sp³-hybridized carbons (Fsp3) is 0.455. The Balaban J connectivity index is 2.53. The highest BCUT2D eigenvalue weighted by molar-refractivity contribution is 7.16. The first-order chi connectivity index (χ1) is 7.90. The van der Waals surface area contributed by atoms with E-state index in [1.807, 2.05) is 13.0 Å². The van der Waals surface area contributed by atoms with Crippen molar-refractivity contribution in [3.8, 4) is 0 Å². The molecule has 6 heteroatoms. The van der Waals surface area contributed by atoms with Gasteiger partial charge in [0, 0.05) is 11.8 Å². The lowest BCUT2D eigenvalue weighted by Crippen LogP contribution is -2.44. The van der Waals surface area contributed by atoms with Crippen molar-refractivity contribution in [2.45, 2.75) is 32.9 Å². The van der Waals surface area contributed by atoms with Crippen LogP contribution in [0.25, 0.3) is 0 Å². The summed E-state index contributed by atoms with van der Waals surface area (Å²) < 4.78 is 0.691. The monoisotopic (exact) mass is 274 g/mol. The highest BCUT2D eigenvalue weighted by Crippen LogP contribution is 2.26. The molecule has 0 aliphatic carbocycles. The molecule has 2 N–H and O–H groups in total. The van der Waals surface area contributed by atoms with Crippen LogP contribution in [0, 0.1) is 0 Å². The second-order valence-corrected chi connectivity index (χ2v) is 5.54. The Morgan fingerprint density at radius 2 is 1.94 bits per heavy atom. The first-order valence-corrected chi connectivity index (χ1v) is 6.42. The average molecular weight is 275 g/mol. The highest BCUT2D eigenvalue weighted by Gasteiger charge is 2.17. The lowest BCUT2D eigenvalue weighted by atomic mass is 10.2. The van der Waals surface area contributed by atoms with Crippen LogP contribution >= 0.6 is 22.9 Å². The van der Waals surface area contributed by atoms with Gasteiger partial charge >= 0.3 is 0 Å². The Morgan fingerprint density at radius 3 is 2.41 bits per heavy atom. The van der Waals surface area contributed by atoms with Gasteiger partial charge in [-0.15, -0.1) is 11.3 Å². The molecule has 0 bridgehead atoms. The number of amides is 2. The van der Waals surface area contributed by atoms with Gasteiger partial charge < -0.3 is 10.6 Å². The maximum Gasteiger partial charge on any atom is 0.242 e.